The van der Waals surface area contributed by atoms with E-state index in [4.69, 9.17) is 16.0 Å². The predicted molar refractivity (Wildman–Crippen MR) is 109 cm³/mol. The van der Waals surface area contributed by atoms with Crippen LogP contribution in [0.1, 0.15) is 11.1 Å². The Morgan fingerprint density at radius 2 is 1.97 bits per heavy atom. The van der Waals surface area contributed by atoms with Crippen molar-refractivity contribution in [2.75, 3.05) is 0 Å². The van der Waals surface area contributed by atoms with Crippen molar-refractivity contribution in [3.05, 3.63) is 80.9 Å². The van der Waals surface area contributed by atoms with Gasteiger partial charge in [-0.15, -0.1) is 0 Å². The number of hydrogen-bond donors (Lipinski definition) is 0. The summed E-state index contributed by atoms with van der Waals surface area (Å²) in [4.78, 5) is 19.0. The van der Waals surface area contributed by atoms with Crippen LogP contribution in [0.25, 0.3) is 22.6 Å². The fourth-order valence-electron chi connectivity index (χ4n) is 2.90. The molecule has 0 saturated carbocycles. The molecule has 29 heavy (non-hydrogen) atoms. The van der Waals surface area contributed by atoms with Crippen molar-refractivity contribution in [1.29, 1.82) is 0 Å². The summed E-state index contributed by atoms with van der Waals surface area (Å²) in [5.41, 5.74) is 3.12. The van der Waals surface area contributed by atoms with Crippen LogP contribution in [0.2, 0.25) is 5.02 Å². The molecule has 0 atom stereocenters. The van der Waals surface area contributed by atoms with E-state index in [2.05, 4.69) is 9.98 Å². The van der Waals surface area contributed by atoms with E-state index >= 15 is 0 Å². The zero-order valence-electron chi connectivity index (χ0n) is 15.1. The maximum atomic E-state index is 12.2. The first-order chi connectivity index (χ1) is 13.9. The SMILES string of the molecule is Cc1ccccc1-c1nc2cc(N=Cc3cc(Cl)cc([N+](=O)[O-])c3[O-])ccc2o1. The molecule has 0 unspecified atom stereocenters. The number of benzene rings is 3. The Hall–Kier alpha value is -3.71. The van der Waals surface area contributed by atoms with Gasteiger partial charge < -0.3 is 9.52 Å². The molecule has 4 aromatic rings. The summed E-state index contributed by atoms with van der Waals surface area (Å²) in [7, 11) is 0. The third-order valence-corrected chi connectivity index (χ3v) is 4.58. The lowest BCUT2D eigenvalue weighted by atomic mass is 10.1. The fourth-order valence-corrected chi connectivity index (χ4v) is 3.12. The second kappa shape index (κ2) is 7.37. The Kier molecular flexibility index (Phi) is 4.74. The highest BCUT2D eigenvalue weighted by molar-refractivity contribution is 6.31. The van der Waals surface area contributed by atoms with E-state index in [1.165, 1.54) is 12.3 Å². The van der Waals surface area contributed by atoms with Gasteiger partial charge in [-0.3, -0.25) is 15.1 Å². The molecule has 0 aliphatic rings. The molecule has 4 rings (SSSR count). The molecule has 0 aliphatic heterocycles. The highest BCUT2D eigenvalue weighted by atomic mass is 35.5. The van der Waals surface area contributed by atoms with Gasteiger partial charge in [0.05, 0.1) is 10.6 Å². The second-order valence-electron chi connectivity index (χ2n) is 6.34. The molecular weight excluding hydrogens is 394 g/mol. The van der Waals surface area contributed by atoms with Gasteiger partial charge in [0.25, 0.3) is 5.69 Å². The summed E-state index contributed by atoms with van der Waals surface area (Å²) in [6.07, 6.45) is 1.25. The third kappa shape index (κ3) is 3.68. The van der Waals surface area contributed by atoms with E-state index in [0.29, 0.717) is 22.7 Å². The summed E-state index contributed by atoms with van der Waals surface area (Å²) >= 11 is 5.87. The summed E-state index contributed by atoms with van der Waals surface area (Å²) < 4.78 is 5.82. The molecule has 0 spiro atoms. The molecule has 0 N–H and O–H groups in total. The Morgan fingerprint density at radius 3 is 2.72 bits per heavy atom. The number of nitro groups is 1. The molecule has 0 saturated heterocycles. The van der Waals surface area contributed by atoms with Crippen molar-refractivity contribution < 1.29 is 14.4 Å². The highest BCUT2D eigenvalue weighted by Gasteiger charge is 2.12. The smallest absolute Gasteiger partial charge is 0.263 e. The van der Waals surface area contributed by atoms with Crippen LogP contribution in [0.15, 0.2) is 64.0 Å². The second-order valence-corrected chi connectivity index (χ2v) is 6.78. The fraction of sp³-hybridized carbons (Fsp3) is 0.0476. The molecule has 8 heteroatoms. The zero-order chi connectivity index (χ0) is 20.5. The van der Waals surface area contributed by atoms with Gasteiger partial charge in [-0.1, -0.05) is 29.8 Å². The number of fused-ring (bicyclic) bond motifs is 1. The lowest BCUT2D eigenvalue weighted by Gasteiger charge is -2.10. The van der Waals surface area contributed by atoms with Gasteiger partial charge >= 0.3 is 0 Å². The first-order valence-corrected chi connectivity index (χ1v) is 8.96. The number of nitrogens with zero attached hydrogens (tertiary/aromatic N) is 3. The number of aliphatic imine (C=N–C) groups is 1. The van der Waals surface area contributed by atoms with E-state index in [0.717, 1.165) is 17.2 Å². The number of hydrogen-bond acceptors (Lipinski definition) is 6. The Balaban J connectivity index is 1.69. The van der Waals surface area contributed by atoms with E-state index in [1.54, 1.807) is 18.2 Å². The molecular formula is C21H13ClN3O4-. The number of halogens is 1. The van der Waals surface area contributed by atoms with Crippen LogP contribution in [0.5, 0.6) is 5.75 Å². The number of aromatic nitrogens is 1. The van der Waals surface area contributed by atoms with E-state index in [-0.39, 0.29) is 10.6 Å². The predicted octanol–water partition coefficient (Wildman–Crippen LogP) is 5.19. The summed E-state index contributed by atoms with van der Waals surface area (Å²) in [6, 6.07) is 15.3. The van der Waals surface area contributed by atoms with Gasteiger partial charge in [-0.2, -0.15) is 0 Å². The summed E-state index contributed by atoms with van der Waals surface area (Å²) in [5, 5.41) is 23.2. The monoisotopic (exact) mass is 406 g/mol. The number of oxazole rings is 1. The molecule has 1 aromatic heterocycles. The lowest BCUT2D eigenvalue weighted by Crippen LogP contribution is -2.02. The molecule has 0 radical (unpaired) electrons. The van der Waals surface area contributed by atoms with Crippen LogP contribution < -0.4 is 5.11 Å². The van der Waals surface area contributed by atoms with Gasteiger partial charge in [0.15, 0.2) is 5.58 Å². The van der Waals surface area contributed by atoms with E-state index < -0.39 is 16.4 Å². The van der Waals surface area contributed by atoms with Crippen LogP contribution in [0.4, 0.5) is 11.4 Å². The van der Waals surface area contributed by atoms with Crippen LogP contribution in [-0.2, 0) is 0 Å². The first kappa shape index (κ1) is 18.6. The quantitative estimate of drug-likeness (QED) is 0.263. The number of rotatable bonds is 4. The number of aryl methyl sites for hydroxylation is 1. The van der Waals surface area contributed by atoms with Crippen molar-refractivity contribution >= 4 is 40.3 Å². The molecule has 0 amide bonds. The van der Waals surface area contributed by atoms with E-state index in [9.17, 15) is 15.2 Å². The van der Waals surface area contributed by atoms with Crippen molar-refractivity contribution in [3.63, 3.8) is 0 Å². The Labute approximate surface area is 170 Å². The van der Waals surface area contributed by atoms with Crippen LogP contribution in [0, 0.1) is 17.0 Å². The minimum atomic E-state index is -0.764. The van der Waals surface area contributed by atoms with Gasteiger partial charge in [0, 0.05) is 22.9 Å². The molecule has 1 heterocycles. The normalized spacial score (nSPS) is 11.4. The minimum absolute atomic E-state index is 0.0325. The van der Waals surface area contributed by atoms with Gasteiger partial charge in [0.2, 0.25) is 5.89 Å². The molecule has 3 aromatic carbocycles. The molecule has 0 aliphatic carbocycles. The maximum Gasteiger partial charge on any atom is 0.263 e. The molecule has 7 nitrogen and oxygen atoms in total. The van der Waals surface area contributed by atoms with Crippen molar-refractivity contribution in [1.82, 2.24) is 4.98 Å². The van der Waals surface area contributed by atoms with Crippen LogP contribution >= 0.6 is 11.6 Å². The zero-order valence-corrected chi connectivity index (χ0v) is 15.9. The summed E-state index contributed by atoms with van der Waals surface area (Å²) in [6.45, 7) is 1.98. The van der Waals surface area contributed by atoms with E-state index in [1.807, 2.05) is 31.2 Å². The van der Waals surface area contributed by atoms with Gasteiger partial charge in [-0.25, -0.2) is 4.98 Å². The highest BCUT2D eigenvalue weighted by Crippen LogP contribution is 2.31. The average Bonchev–Trinajstić information content (AvgIpc) is 3.11. The van der Waals surface area contributed by atoms with Crippen molar-refractivity contribution in [3.8, 4) is 17.2 Å². The number of nitro benzene ring substituents is 1. The molecule has 0 bridgehead atoms. The van der Waals surface area contributed by atoms with Gasteiger partial charge in [0.1, 0.15) is 5.52 Å². The minimum Gasteiger partial charge on any atom is -0.867 e. The first-order valence-electron chi connectivity index (χ1n) is 8.58. The standard InChI is InChI=1S/C21H14ClN3O4/c1-12-4-2-3-5-16(12)21-24-17-10-15(6-7-19(17)29-21)23-11-13-8-14(22)9-18(20(13)26)25(27)28/h2-11,26H,1H3/p-1. The van der Waals surface area contributed by atoms with Crippen LogP contribution in [0.3, 0.4) is 0 Å². The maximum absolute atomic E-state index is 12.2. The van der Waals surface area contributed by atoms with Crippen molar-refractivity contribution in [2.24, 2.45) is 4.99 Å². The van der Waals surface area contributed by atoms with Crippen molar-refractivity contribution in [2.45, 2.75) is 6.92 Å². The average molecular weight is 407 g/mol. The van der Waals surface area contributed by atoms with Gasteiger partial charge in [-0.05, 0) is 54.1 Å². The molecule has 144 valence electrons. The molecule has 0 fully saturated rings. The Morgan fingerprint density at radius 1 is 1.17 bits per heavy atom. The summed E-state index contributed by atoms with van der Waals surface area (Å²) in [5.74, 6) is -0.237. The third-order valence-electron chi connectivity index (χ3n) is 4.36. The Bertz CT molecular complexity index is 1280. The topological polar surface area (TPSA) is 105 Å². The van der Waals surface area contributed by atoms with Crippen LogP contribution in [-0.4, -0.2) is 16.1 Å². The lowest BCUT2D eigenvalue weighted by molar-refractivity contribution is -0.398. The largest absolute Gasteiger partial charge is 0.867 e.